The second-order valence-electron chi connectivity index (χ2n) is 6.30. The number of nitrogens with zero attached hydrogens (tertiary/aromatic N) is 1. The Morgan fingerprint density at radius 1 is 0.963 bits per heavy atom. The molecule has 4 aromatic rings. The quantitative estimate of drug-likeness (QED) is 0.404. The Labute approximate surface area is 156 Å². The average Bonchev–Trinajstić information content (AvgIpc) is 2.69. The normalized spacial score (nSPS) is 11.3. The summed E-state index contributed by atoms with van der Waals surface area (Å²) in [5, 5.41) is 10.9. The summed E-state index contributed by atoms with van der Waals surface area (Å²) < 4.78 is 5.39. The summed E-state index contributed by atoms with van der Waals surface area (Å²) in [6.45, 7) is 1.84. The summed E-state index contributed by atoms with van der Waals surface area (Å²) in [4.78, 5) is 16.7. The summed E-state index contributed by atoms with van der Waals surface area (Å²) in [5.74, 6) is 0.228. The minimum Gasteiger partial charge on any atom is -0.507 e. The fourth-order valence-electron chi connectivity index (χ4n) is 2.92. The van der Waals surface area contributed by atoms with Gasteiger partial charge in [0.25, 0.3) is 0 Å². The van der Waals surface area contributed by atoms with E-state index < -0.39 is 0 Å². The van der Waals surface area contributed by atoms with Crippen molar-refractivity contribution in [2.45, 2.75) is 6.92 Å². The van der Waals surface area contributed by atoms with Gasteiger partial charge in [-0.2, -0.15) is 0 Å². The molecule has 132 valence electrons. The van der Waals surface area contributed by atoms with Crippen LogP contribution in [0.2, 0.25) is 0 Å². The minimum absolute atomic E-state index is 0.228. The predicted molar refractivity (Wildman–Crippen MR) is 108 cm³/mol. The van der Waals surface area contributed by atoms with Gasteiger partial charge in [-0.15, -0.1) is 0 Å². The maximum absolute atomic E-state index is 12.3. The van der Waals surface area contributed by atoms with Gasteiger partial charge in [-0.3, -0.25) is 4.99 Å². The van der Waals surface area contributed by atoms with Gasteiger partial charge < -0.3 is 9.52 Å². The molecular formula is C23H17NO3. The maximum atomic E-state index is 12.3. The van der Waals surface area contributed by atoms with Gasteiger partial charge in [-0.1, -0.05) is 42.5 Å². The van der Waals surface area contributed by atoms with E-state index in [1.165, 1.54) is 0 Å². The van der Waals surface area contributed by atoms with E-state index in [4.69, 9.17) is 4.42 Å². The van der Waals surface area contributed by atoms with Crippen molar-refractivity contribution in [2.75, 3.05) is 0 Å². The lowest BCUT2D eigenvalue weighted by Crippen LogP contribution is -2.02. The molecule has 27 heavy (non-hydrogen) atoms. The van der Waals surface area contributed by atoms with E-state index in [-0.39, 0.29) is 11.4 Å². The van der Waals surface area contributed by atoms with Crippen molar-refractivity contribution in [1.29, 1.82) is 0 Å². The highest BCUT2D eigenvalue weighted by Gasteiger charge is 2.07. The van der Waals surface area contributed by atoms with Crippen LogP contribution in [0.4, 0.5) is 5.69 Å². The first-order chi connectivity index (χ1) is 13.1. The smallest absolute Gasteiger partial charge is 0.344 e. The van der Waals surface area contributed by atoms with Gasteiger partial charge in [0.05, 0.1) is 11.3 Å². The van der Waals surface area contributed by atoms with Gasteiger partial charge in [0.1, 0.15) is 11.3 Å². The first-order valence-corrected chi connectivity index (χ1v) is 8.58. The summed E-state index contributed by atoms with van der Waals surface area (Å²) in [6.07, 6.45) is 1.63. The Morgan fingerprint density at radius 2 is 1.74 bits per heavy atom. The molecule has 0 bridgehead atoms. The Balaban J connectivity index is 1.65. The second kappa shape index (κ2) is 6.92. The highest BCUT2D eigenvalue weighted by atomic mass is 16.4. The van der Waals surface area contributed by atoms with E-state index in [0.29, 0.717) is 16.7 Å². The largest absolute Gasteiger partial charge is 0.507 e. The Bertz CT molecular complexity index is 1200. The lowest BCUT2D eigenvalue weighted by molar-refractivity contribution is 0.470. The third-order valence-electron chi connectivity index (χ3n) is 4.44. The fraction of sp³-hybridized carbons (Fsp3) is 0.0435. The zero-order valence-corrected chi connectivity index (χ0v) is 14.7. The third kappa shape index (κ3) is 3.37. The average molecular weight is 355 g/mol. The van der Waals surface area contributed by atoms with Gasteiger partial charge in [-0.25, -0.2) is 4.79 Å². The molecule has 0 aliphatic heterocycles. The first kappa shape index (κ1) is 16.8. The van der Waals surface area contributed by atoms with Crippen molar-refractivity contribution >= 4 is 22.9 Å². The molecule has 0 radical (unpaired) electrons. The van der Waals surface area contributed by atoms with Crippen molar-refractivity contribution in [2.24, 2.45) is 4.99 Å². The number of hydrogen-bond donors (Lipinski definition) is 1. The molecule has 0 unspecified atom stereocenters. The van der Waals surface area contributed by atoms with Crippen LogP contribution < -0.4 is 5.63 Å². The van der Waals surface area contributed by atoms with E-state index in [0.717, 1.165) is 22.2 Å². The summed E-state index contributed by atoms with van der Waals surface area (Å²) >= 11 is 0. The summed E-state index contributed by atoms with van der Waals surface area (Å²) in [6, 6.07) is 22.1. The number of hydrogen-bond acceptors (Lipinski definition) is 4. The monoisotopic (exact) mass is 355 g/mol. The number of aromatic hydroxyl groups is 1. The van der Waals surface area contributed by atoms with Gasteiger partial charge in [0.15, 0.2) is 0 Å². The third-order valence-corrected chi connectivity index (χ3v) is 4.44. The lowest BCUT2D eigenvalue weighted by Gasteiger charge is -2.04. The molecule has 0 amide bonds. The van der Waals surface area contributed by atoms with Crippen LogP contribution in [0.25, 0.3) is 22.1 Å². The highest BCUT2D eigenvalue weighted by Crippen LogP contribution is 2.24. The van der Waals surface area contributed by atoms with Crippen LogP contribution in [0, 0.1) is 6.92 Å². The molecule has 0 atom stereocenters. The van der Waals surface area contributed by atoms with Crippen LogP contribution in [0.1, 0.15) is 11.1 Å². The molecule has 4 heteroatoms. The van der Waals surface area contributed by atoms with E-state index >= 15 is 0 Å². The molecular weight excluding hydrogens is 338 g/mol. The van der Waals surface area contributed by atoms with Gasteiger partial charge in [0, 0.05) is 17.2 Å². The Kier molecular flexibility index (Phi) is 4.30. The zero-order valence-electron chi connectivity index (χ0n) is 14.7. The van der Waals surface area contributed by atoms with E-state index in [2.05, 4.69) is 4.99 Å². The lowest BCUT2D eigenvalue weighted by atomic mass is 10.1. The number of aryl methyl sites for hydroxylation is 1. The van der Waals surface area contributed by atoms with Crippen LogP contribution in [-0.2, 0) is 0 Å². The van der Waals surface area contributed by atoms with Crippen LogP contribution in [-0.4, -0.2) is 11.3 Å². The molecule has 4 rings (SSSR count). The molecule has 1 N–H and O–H groups in total. The number of phenolic OH excluding ortho intramolecular Hbond substituents is 1. The fourth-order valence-corrected chi connectivity index (χ4v) is 2.92. The number of benzene rings is 3. The number of para-hydroxylation sites is 2. The molecule has 4 nitrogen and oxygen atoms in total. The standard InChI is InChI=1S/C23H17NO3/c1-15-5-4-7-18(22(15)25)14-24-19-11-9-16(10-12-19)20-13-17-6-2-3-8-21(17)27-23(20)26/h2-14,25H,1H3. The highest BCUT2D eigenvalue weighted by molar-refractivity contribution is 5.86. The molecule has 1 heterocycles. The number of aliphatic imine (C=N–C) groups is 1. The van der Waals surface area contributed by atoms with Crippen LogP contribution in [0.15, 0.2) is 87.0 Å². The SMILES string of the molecule is Cc1cccc(C=Nc2ccc(-c3cc4ccccc4oc3=O)cc2)c1O. The predicted octanol–water partition coefficient (Wildman–Crippen LogP) is 5.22. The molecule has 0 saturated heterocycles. The maximum Gasteiger partial charge on any atom is 0.344 e. The van der Waals surface area contributed by atoms with Crippen LogP contribution in [0.3, 0.4) is 0 Å². The minimum atomic E-state index is -0.366. The first-order valence-electron chi connectivity index (χ1n) is 8.58. The van der Waals surface area contributed by atoms with Crippen molar-refractivity contribution in [3.8, 4) is 16.9 Å². The van der Waals surface area contributed by atoms with Crippen molar-refractivity contribution < 1.29 is 9.52 Å². The molecule has 0 aliphatic rings. The Morgan fingerprint density at radius 3 is 2.56 bits per heavy atom. The van der Waals surface area contributed by atoms with Crippen molar-refractivity contribution in [3.63, 3.8) is 0 Å². The molecule has 3 aromatic carbocycles. The van der Waals surface area contributed by atoms with Gasteiger partial charge >= 0.3 is 5.63 Å². The van der Waals surface area contributed by atoms with Crippen LogP contribution >= 0.6 is 0 Å². The number of rotatable bonds is 3. The molecule has 0 fully saturated rings. The number of phenols is 1. The molecule has 1 aromatic heterocycles. The molecule has 0 aliphatic carbocycles. The van der Waals surface area contributed by atoms with E-state index in [1.807, 2.05) is 67.6 Å². The molecule has 0 saturated carbocycles. The van der Waals surface area contributed by atoms with Gasteiger partial charge in [0.2, 0.25) is 0 Å². The zero-order chi connectivity index (χ0) is 18.8. The van der Waals surface area contributed by atoms with Crippen molar-refractivity contribution in [1.82, 2.24) is 0 Å². The Hall–Kier alpha value is -3.66. The molecule has 0 spiro atoms. The van der Waals surface area contributed by atoms with Gasteiger partial charge in [-0.05, 0) is 48.4 Å². The van der Waals surface area contributed by atoms with Crippen molar-refractivity contribution in [3.05, 3.63) is 94.3 Å². The number of fused-ring (bicyclic) bond motifs is 1. The van der Waals surface area contributed by atoms with E-state index in [1.54, 1.807) is 18.3 Å². The van der Waals surface area contributed by atoms with Crippen LogP contribution in [0.5, 0.6) is 5.75 Å². The summed E-state index contributed by atoms with van der Waals surface area (Å²) in [7, 11) is 0. The van der Waals surface area contributed by atoms with E-state index in [9.17, 15) is 9.90 Å². The summed E-state index contributed by atoms with van der Waals surface area (Å²) in [5.41, 5.74) is 3.68. The second-order valence-corrected chi connectivity index (χ2v) is 6.30. The topological polar surface area (TPSA) is 62.8 Å².